The molecule has 0 atom stereocenters. The molecule has 0 aliphatic rings. The Kier molecular flexibility index (Phi) is 2.64. The van der Waals surface area contributed by atoms with E-state index in [4.69, 9.17) is 17.2 Å². The number of nitrogens with two attached hydrogens (primary N) is 3. The van der Waals surface area contributed by atoms with Crippen LogP contribution in [0, 0.1) is 0 Å². The molecule has 0 unspecified atom stereocenters. The number of nitrogens with zero attached hydrogens (tertiary/aromatic N) is 4. The number of rotatable bonds is 2. The van der Waals surface area contributed by atoms with Crippen LogP contribution >= 0.6 is 11.3 Å². The molecule has 0 aliphatic carbocycles. The van der Waals surface area contributed by atoms with E-state index in [9.17, 15) is 0 Å². The fourth-order valence-electron chi connectivity index (χ4n) is 1.06. The maximum absolute atomic E-state index is 5.54. The Labute approximate surface area is 95.1 Å². The molecule has 0 saturated carbocycles. The molecule has 2 aromatic rings. The summed E-state index contributed by atoms with van der Waals surface area (Å²) in [5, 5.41) is 2.27. The van der Waals surface area contributed by atoms with Gasteiger partial charge in [-0.15, -0.1) is 11.3 Å². The summed E-state index contributed by atoms with van der Waals surface area (Å²) in [6.07, 6.45) is 1.38. The first kappa shape index (κ1) is 10.3. The van der Waals surface area contributed by atoms with Gasteiger partial charge in [0.1, 0.15) is 17.8 Å². The maximum Gasteiger partial charge on any atom is 0.212 e. The van der Waals surface area contributed by atoms with Gasteiger partial charge in [-0.25, -0.2) is 15.0 Å². The molecule has 8 heteroatoms. The minimum Gasteiger partial charge on any atom is -0.384 e. The van der Waals surface area contributed by atoms with Gasteiger partial charge in [-0.1, -0.05) is 0 Å². The Hall–Kier alpha value is -2.22. The van der Waals surface area contributed by atoms with Crippen molar-refractivity contribution in [3.05, 3.63) is 17.8 Å². The smallest absolute Gasteiger partial charge is 0.212 e. The Morgan fingerprint density at radius 3 is 2.75 bits per heavy atom. The molecule has 7 nitrogen and oxygen atoms in total. The molecular formula is C8H9N7S. The van der Waals surface area contributed by atoms with E-state index < -0.39 is 0 Å². The predicted octanol–water partition coefficient (Wildman–Crippen LogP) is 0.0872. The van der Waals surface area contributed by atoms with E-state index in [1.54, 1.807) is 11.4 Å². The molecule has 82 valence electrons. The van der Waals surface area contributed by atoms with Crippen molar-refractivity contribution in [1.29, 1.82) is 0 Å². The van der Waals surface area contributed by atoms with Crippen molar-refractivity contribution in [2.45, 2.75) is 0 Å². The van der Waals surface area contributed by atoms with E-state index >= 15 is 0 Å². The zero-order chi connectivity index (χ0) is 11.5. The fraction of sp³-hybridized carbons (Fsp3) is 0. The van der Waals surface area contributed by atoms with Gasteiger partial charge in [-0.2, -0.15) is 4.99 Å². The van der Waals surface area contributed by atoms with E-state index in [1.165, 1.54) is 17.7 Å². The van der Waals surface area contributed by atoms with Gasteiger partial charge in [-0.05, 0) is 0 Å². The van der Waals surface area contributed by atoms with Crippen molar-refractivity contribution in [3.8, 4) is 11.4 Å². The lowest BCUT2D eigenvalue weighted by Crippen LogP contribution is -2.21. The molecule has 0 aromatic carbocycles. The summed E-state index contributed by atoms with van der Waals surface area (Å²) < 4.78 is 0. The van der Waals surface area contributed by atoms with Crippen molar-refractivity contribution in [3.63, 3.8) is 0 Å². The quantitative estimate of drug-likeness (QED) is 0.499. The minimum atomic E-state index is -0.0249. The highest BCUT2D eigenvalue weighted by Gasteiger charge is 2.05. The third-order valence-electron chi connectivity index (χ3n) is 1.67. The Bertz CT molecular complexity index is 529. The van der Waals surface area contributed by atoms with E-state index in [1.807, 2.05) is 0 Å². The highest BCUT2D eigenvalue weighted by atomic mass is 32.1. The summed E-state index contributed by atoms with van der Waals surface area (Å²) in [5.41, 5.74) is 17.3. The van der Waals surface area contributed by atoms with Crippen LogP contribution in [-0.4, -0.2) is 20.9 Å². The molecule has 0 radical (unpaired) electrons. The zero-order valence-corrected chi connectivity index (χ0v) is 8.98. The monoisotopic (exact) mass is 235 g/mol. The molecule has 0 bridgehead atoms. The predicted molar refractivity (Wildman–Crippen MR) is 63.0 cm³/mol. The van der Waals surface area contributed by atoms with Gasteiger partial charge in [0.05, 0.1) is 5.69 Å². The lowest BCUT2D eigenvalue weighted by atomic mass is 10.3. The number of anilines is 1. The van der Waals surface area contributed by atoms with Crippen molar-refractivity contribution in [2.24, 2.45) is 16.5 Å². The second-order valence-corrected chi connectivity index (χ2v) is 3.72. The molecule has 6 N–H and O–H groups in total. The van der Waals surface area contributed by atoms with E-state index in [-0.39, 0.29) is 5.96 Å². The zero-order valence-electron chi connectivity index (χ0n) is 8.16. The second kappa shape index (κ2) is 4.11. The van der Waals surface area contributed by atoms with Gasteiger partial charge in [0.15, 0.2) is 5.96 Å². The van der Waals surface area contributed by atoms with Crippen LogP contribution in [-0.2, 0) is 0 Å². The third kappa shape index (κ3) is 2.23. The first-order valence-corrected chi connectivity index (χ1v) is 5.16. The van der Waals surface area contributed by atoms with Gasteiger partial charge in [0, 0.05) is 11.4 Å². The summed E-state index contributed by atoms with van der Waals surface area (Å²) in [6.45, 7) is 0. The van der Waals surface area contributed by atoms with Crippen LogP contribution < -0.4 is 17.2 Å². The average molecular weight is 235 g/mol. The summed E-state index contributed by atoms with van der Waals surface area (Å²) in [5.74, 6) is 0.365. The van der Waals surface area contributed by atoms with Crippen LogP contribution in [0.15, 0.2) is 22.8 Å². The van der Waals surface area contributed by atoms with Crippen molar-refractivity contribution < 1.29 is 0 Å². The topological polar surface area (TPSA) is 129 Å². The van der Waals surface area contributed by atoms with Gasteiger partial charge in [-0.3, -0.25) is 0 Å². The Morgan fingerprint density at radius 2 is 2.06 bits per heavy atom. The van der Waals surface area contributed by atoms with Crippen LogP contribution in [0.2, 0.25) is 0 Å². The maximum atomic E-state index is 5.54. The van der Waals surface area contributed by atoms with E-state index in [0.29, 0.717) is 22.3 Å². The largest absolute Gasteiger partial charge is 0.384 e. The van der Waals surface area contributed by atoms with Crippen LogP contribution in [0.25, 0.3) is 11.4 Å². The molecule has 0 fully saturated rings. The number of aromatic nitrogens is 3. The molecule has 2 rings (SSSR count). The Balaban J connectivity index is 2.35. The molecule has 0 saturated heterocycles. The van der Waals surface area contributed by atoms with E-state index in [2.05, 4.69) is 19.9 Å². The number of thiazole rings is 1. The summed E-state index contributed by atoms with van der Waals surface area (Å²) in [4.78, 5) is 15.9. The standard InChI is InChI=1S/C8H9N7S/c9-6-1-4(12-3-13-6)5-2-16-8(14-5)15-7(10)11/h1-3H,(H2,9,12,13)(H4,10,11,14,15). The normalized spacial score (nSPS) is 10.0. The van der Waals surface area contributed by atoms with Crippen LogP contribution in [0.1, 0.15) is 0 Å². The highest BCUT2D eigenvalue weighted by Crippen LogP contribution is 2.25. The van der Waals surface area contributed by atoms with Crippen molar-refractivity contribution in [1.82, 2.24) is 15.0 Å². The van der Waals surface area contributed by atoms with Crippen LogP contribution in [0.4, 0.5) is 10.9 Å². The SMILES string of the molecule is NC(N)=Nc1nc(-c2cc(N)ncn2)cs1. The third-order valence-corrected chi connectivity index (χ3v) is 2.40. The number of guanidine groups is 1. The number of hydrogen-bond donors (Lipinski definition) is 3. The molecule has 2 aromatic heterocycles. The molecule has 2 heterocycles. The molecule has 0 aliphatic heterocycles. The Morgan fingerprint density at radius 1 is 1.25 bits per heavy atom. The minimum absolute atomic E-state index is 0.0249. The van der Waals surface area contributed by atoms with Gasteiger partial charge >= 0.3 is 0 Å². The molecule has 0 amide bonds. The molecule has 16 heavy (non-hydrogen) atoms. The highest BCUT2D eigenvalue weighted by molar-refractivity contribution is 7.13. The lowest BCUT2D eigenvalue weighted by molar-refractivity contribution is 1.17. The number of nitrogen functional groups attached to an aromatic ring is 1. The molecule has 0 spiro atoms. The summed E-state index contributed by atoms with van der Waals surface area (Å²) >= 11 is 1.32. The second-order valence-electron chi connectivity index (χ2n) is 2.88. The van der Waals surface area contributed by atoms with Crippen molar-refractivity contribution in [2.75, 3.05) is 5.73 Å². The summed E-state index contributed by atoms with van der Waals surface area (Å²) in [7, 11) is 0. The molecular weight excluding hydrogens is 226 g/mol. The fourth-order valence-corrected chi connectivity index (χ4v) is 1.76. The van der Waals surface area contributed by atoms with Gasteiger partial charge in [0.25, 0.3) is 0 Å². The first-order chi connectivity index (χ1) is 7.65. The number of aliphatic imine (C=N–C) groups is 1. The van der Waals surface area contributed by atoms with Crippen LogP contribution in [0.3, 0.4) is 0 Å². The van der Waals surface area contributed by atoms with Crippen LogP contribution in [0.5, 0.6) is 0 Å². The summed E-state index contributed by atoms with van der Waals surface area (Å²) in [6, 6.07) is 1.63. The first-order valence-electron chi connectivity index (χ1n) is 4.28. The van der Waals surface area contributed by atoms with Crippen molar-refractivity contribution >= 4 is 28.2 Å². The lowest BCUT2D eigenvalue weighted by Gasteiger charge is -1.95. The van der Waals surface area contributed by atoms with Gasteiger partial charge in [0.2, 0.25) is 5.13 Å². The number of hydrogen-bond acceptors (Lipinski definition) is 6. The average Bonchev–Trinajstić information content (AvgIpc) is 2.65. The van der Waals surface area contributed by atoms with Gasteiger partial charge < -0.3 is 17.2 Å². The van der Waals surface area contributed by atoms with E-state index in [0.717, 1.165) is 0 Å².